The number of halogens is 1. The maximum absolute atomic E-state index is 13.3. The van der Waals surface area contributed by atoms with Crippen LogP contribution in [0.3, 0.4) is 0 Å². The number of amides is 1. The molecule has 2 rings (SSSR count). The molecule has 134 valence electrons. The molecular formula is C20H25FN2O2. The molecule has 0 spiro atoms. The number of carbonyl (C=O) groups is 1. The van der Waals surface area contributed by atoms with Gasteiger partial charge in [-0.2, -0.15) is 0 Å². The predicted molar refractivity (Wildman–Crippen MR) is 96.9 cm³/mol. The van der Waals surface area contributed by atoms with Crippen molar-refractivity contribution in [3.8, 4) is 5.75 Å². The quantitative estimate of drug-likeness (QED) is 0.737. The average Bonchev–Trinajstić information content (AvgIpc) is 2.61. The summed E-state index contributed by atoms with van der Waals surface area (Å²) in [6, 6.07) is 15.6. The Hall–Kier alpha value is -2.40. The van der Waals surface area contributed by atoms with Crippen molar-refractivity contribution in [2.24, 2.45) is 0 Å². The molecule has 2 aromatic rings. The van der Waals surface area contributed by atoms with Gasteiger partial charge in [0.15, 0.2) is 0 Å². The van der Waals surface area contributed by atoms with E-state index in [0.717, 1.165) is 11.3 Å². The van der Waals surface area contributed by atoms with E-state index in [-0.39, 0.29) is 17.8 Å². The van der Waals surface area contributed by atoms with Gasteiger partial charge in [-0.3, -0.25) is 9.69 Å². The molecule has 2 aromatic carbocycles. The van der Waals surface area contributed by atoms with E-state index in [0.29, 0.717) is 19.7 Å². The largest absolute Gasteiger partial charge is 0.492 e. The Balaban J connectivity index is 1.81. The van der Waals surface area contributed by atoms with Crippen LogP contribution in [-0.2, 0) is 11.3 Å². The number of likely N-dealkylation sites (N-methyl/N-ethyl adjacent to an activating group) is 2. The van der Waals surface area contributed by atoms with Crippen LogP contribution >= 0.6 is 0 Å². The number of para-hydroxylation sites is 1. The first kappa shape index (κ1) is 18.9. The zero-order valence-electron chi connectivity index (χ0n) is 15.0. The molecule has 0 heterocycles. The minimum absolute atomic E-state index is 0.00790. The standard InChI is InChI=1S/C20H25FN2O2/c1-16(22(2)12-13-25-19-10-5-4-6-11-19)20(24)23(3)15-17-8-7-9-18(21)14-17/h4-11,14,16H,12-13,15H2,1-3H3. The van der Waals surface area contributed by atoms with Crippen molar-refractivity contribution in [2.45, 2.75) is 19.5 Å². The van der Waals surface area contributed by atoms with E-state index < -0.39 is 0 Å². The lowest BCUT2D eigenvalue weighted by Crippen LogP contribution is -2.45. The number of nitrogens with zero attached hydrogens (tertiary/aromatic N) is 2. The first-order chi connectivity index (χ1) is 12.0. The van der Waals surface area contributed by atoms with Crippen molar-refractivity contribution in [1.29, 1.82) is 0 Å². The van der Waals surface area contributed by atoms with E-state index in [9.17, 15) is 9.18 Å². The number of hydrogen-bond donors (Lipinski definition) is 0. The molecule has 0 aliphatic heterocycles. The summed E-state index contributed by atoms with van der Waals surface area (Å²) in [5.41, 5.74) is 0.776. The second kappa shape index (κ2) is 9.18. The van der Waals surface area contributed by atoms with E-state index in [2.05, 4.69) is 0 Å². The van der Waals surface area contributed by atoms with E-state index >= 15 is 0 Å². The summed E-state index contributed by atoms with van der Waals surface area (Å²) >= 11 is 0. The number of carbonyl (C=O) groups excluding carboxylic acids is 1. The molecule has 0 N–H and O–H groups in total. The van der Waals surface area contributed by atoms with Crippen LogP contribution in [0.15, 0.2) is 54.6 Å². The van der Waals surface area contributed by atoms with Crippen LogP contribution in [0.1, 0.15) is 12.5 Å². The van der Waals surface area contributed by atoms with E-state index in [4.69, 9.17) is 4.74 Å². The fourth-order valence-corrected chi connectivity index (χ4v) is 2.51. The molecule has 4 nitrogen and oxygen atoms in total. The van der Waals surface area contributed by atoms with Gasteiger partial charge in [0.25, 0.3) is 0 Å². The van der Waals surface area contributed by atoms with Crippen molar-refractivity contribution >= 4 is 5.91 Å². The van der Waals surface area contributed by atoms with Gasteiger partial charge in [-0.15, -0.1) is 0 Å². The molecule has 5 heteroatoms. The molecular weight excluding hydrogens is 319 g/mol. The highest BCUT2D eigenvalue weighted by Gasteiger charge is 2.21. The van der Waals surface area contributed by atoms with Gasteiger partial charge in [0.05, 0.1) is 6.04 Å². The summed E-state index contributed by atoms with van der Waals surface area (Å²) in [5.74, 6) is 0.520. The first-order valence-corrected chi connectivity index (χ1v) is 8.35. The van der Waals surface area contributed by atoms with E-state index in [1.807, 2.05) is 55.3 Å². The fourth-order valence-electron chi connectivity index (χ4n) is 2.51. The number of rotatable bonds is 8. The van der Waals surface area contributed by atoms with Crippen molar-refractivity contribution in [1.82, 2.24) is 9.80 Å². The van der Waals surface area contributed by atoms with Gasteiger partial charge in [-0.25, -0.2) is 4.39 Å². The van der Waals surface area contributed by atoms with Crippen LogP contribution in [-0.4, -0.2) is 49.0 Å². The Bertz CT molecular complexity index is 678. The Morgan fingerprint density at radius 1 is 1.12 bits per heavy atom. The maximum atomic E-state index is 13.3. The summed E-state index contributed by atoms with van der Waals surface area (Å²) < 4.78 is 18.9. The smallest absolute Gasteiger partial charge is 0.239 e. The molecule has 0 bridgehead atoms. The summed E-state index contributed by atoms with van der Waals surface area (Å²) in [6.07, 6.45) is 0. The average molecular weight is 344 g/mol. The third kappa shape index (κ3) is 5.87. The van der Waals surface area contributed by atoms with Gasteiger partial charge >= 0.3 is 0 Å². The maximum Gasteiger partial charge on any atom is 0.239 e. The second-order valence-electron chi connectivity index (χ2n) is 6.14. The molecule has 1 atom stereocenters. The van der Waals surface area contributed by atoms with E-state index in [1.54, 1.807) is 18.0 Å². The zero-order chi connectivity index (χ0) is 18.2. The molecule has 0 aliphatic rings. The highest BCUT2D eigenvalue weighted by molar-refractivity contribution is 5.81. The number of hydrogen-bond acceptors (Lipinski definition) is 3. The highest BCUT2D eigenvalue weighted by Crippen LogP contribution is 2.10. The topological polar surface area (TPSA) is 32.8 Å². The van der Waals surface area contributed by atoms with Gasteiger partial charge in [0.2, 0.25) is 5.91 Å². The zero-order valence-corrected chi connectivity index (χ0v) is 15.0. The van der Waals surface area contributed by atoms with Gasteiger partial charge < -0.3 is 9.64 Å². The van der Waals surface area contributed by atoms with Crippen molar-refractivity contribution < 1.29 is 13.9 Å². The summed E-state index contributed by atoms with van der Waals surface area (Å²) in [7, 11) is 3.63. The Labute approximate surface area is 148 Å². The van der Waals surface area contributed by atoms with Crippen molar-refractivity contribution in [3.63, 3.8) is 0 Å². The lowest BCUT2D eigenvalue weighted by Gasteiger charge is -2.28. The monoisotopic (exact) mass is 344 g/mol. The molecule has 0 aliphatic carbocycles. The third-order valence-corrected chi connectivity index (χ3v) is 4.16. The lowest BCUT2D eigenvalue weighted by atomic mass is 10.2. The van der Waals surface area contributed by atoms with Crippen LogP contribution in [0.2, 0.25) is 0 Å². The minimum Gasteiger partial charge on any atom is -0.492 e. The number of ether oxygens (including phenoxy) is 1. The second-order valence-corrected chi connectivity index (χ2v) is 6.14. The van der Waals surface area contributed by atoms with Gasteiger partial charge in [0, 0.05) is 20.1 Å². The molecule has 0 saturated heterocycles. The fraction of sp³-hybridized carbons (Fsp3) is 0.350. The van der Waals surface area contributed by atoms with E-state index in [1.165, 1.54) is 12.1 Å². The SMILES string of the molecule is CC(C(=O)N(C)Cc1cccc(F)c1)N(C)CCOc1ccccc1. The molecule has 0 fully saturated rings. The summed E-state index contributed by atoms with van der Waals surface area (Å²) in [6.45, 7) is 3.39. The van der Waals surface area contributed by atoms with Crippen LogP contribution in [0.4, 0.5) is 4.39 Å². The predicted octanol–water partition coefficient (Wildman–Crippen LogP) is 3.18. The van der Waals surface area contributed by atoms with Crippen LogP contribution in [0.25, 0.3) is 0 Å². The lowest BCUT2D eigenvalue weighted by molar-refractivity contribution is -0.135. The summed E-state index contributed by atoms with van der Waals surface area (Å²) in [4.78, 5) is 16.1. The van der Waals surface area contributed by atoms with Crippen LogP contribution in [0.5, 0.6) is 5.75 Å². The van der Waals surface area contributed by atoms with Crippen molar-refractivity contribution in [2.75, 3.05) is 27.2 Å². The first-order valence-electron chi connectivity index (χ1n) is 8.35. The molecule has 1 unspecified atom stereocenters. The Morgan fingerprint density at radius 3 is 2.52 bits per heavy atom. The number of benzene rings is 2. The van der Waals surface area contributed by atoms with Gasteiger partial charge in [0.1, 0.15) is 18.2 Å². The third-order valence-electron chi connectivity index (χ3n) is 4.16. The minimum atomic E-state index is -0.290. The van der Waals surface area contributed by atoms with Crippen LogP contribution < -0.4 is 4.74 Å². The molecule has 1 amide bonds. The van der Waals surface area contributed by atoms with Crippen LogP contribution in [0, 0.1) is 5.82 Å². The Morgan fingerprint density at radius 2 is 1.84 bits per heavy atom. The molecule has 0 aromatic heterocycles. The molecule has 25 heavy (non-hydrogen) atoms. The van der Waals surface area contributed by atoms with Gasteiger partial charge in [-0.05, 0) is 43.8 Å². The van der Waals surface area contributed by atoms with Gasteiger partial charge in [-0.1, -0.05) is 30.3 Å². The normalized spacial score (nSPS) is 12.0. The molecule has 0 saturated carbocycles. The van der Waals surface area contributed by atoms with Crippen molar-refractivity contribution in [3.05, 3.63) is 66.0 Å². The highest BCUT2D eigenvalue weighted by atomic mass is 19.1. The summed E-state index contributed by atoms with van der Waals surface area (Å²) in [5, 5.41) is 0. The molecule has 0 radical (unpaired) electrons. The Kier molecular flexibility index (Phi) is 6.95.